The summed E-state index contributed by atoms with van der Waals surface area (Å²) in [5.41, 5.74) is 10.5. The van der Waals surface area contributed by atoms with Crippen LogP contribution in [0.5, 0.6) is 0 Å². The average molecular weight is 521 g/mol. The zero-order valence-electron chi connectivity index (χ0n) is 23.9. The van der Waals surface area contributed by atoms with Gasteiger partial charge in [-0.05, 0) is 76.6 Å². The van der Waals surface area contributed by atoms with Gasteiger partial charge in [0, 0.05) is 44.1 Å². The largest absolute Gasteiger partial charge is 0.456 e. The van der Waals surface area contributed by atoms with E-state index in [-0.39, 0.29) is 10.8 Å². The molecule has 4 heterocycles. The maximum absolute atomic E-state index is 6.62. The number of rotatable bonds is 1. The van der Waals surface area contributed by atoms with Crippen molar-refractivity contribution in [3.8, 4) is 11.3 Å². The van der Waals surface area contributed by atoms with Gasteiger partial charge in [-0.15, -0.1) is 0 Å². The van der Waals surface area contributed by atoms with Crippen LogP contribution in [0.1, 0.15) is 52.7 Å². The van der Waals surface area contributed by atoms with Crippen molar-refractivity contribution in [2.45, 2.75) is 52.4 Å². The Bertz CT molecular complexity index is 2270. The van der Waals surface area contributed by atoms with Crippen molar-refractivity contribution in [1.82, 2.24) is 9.38 Å². The summed E-state index contributed by atoms with van der Waals surface area (Å²) in [7, 11) is 0. The molecule has 0 N–H and O–H groups in total. The highest BCUT2D eigenvalue weighted by Crippen LogP contribution is 2.47. The Labute approximate surface area is 233 Å². The van der Waals surface area contributed by atoms with Crippen LogP contribution in [-0.2, 0) is 10.8 Å². The summed E-state index contributed by atoms with van der Waals surface area (Å²) in [6.07, 6.45) is 1.86. The molecule has 0 aliphatic rings. The molecule has 0 unspecified atom stereocenters. The normalized spacial score (nSPS) is 13.2. The first-order chi connectivity index (χ1) is 19.1. The summed E-state index contributed by atoms with van der Waals surface area (Å²) in [6, 6.07) is 28.9. The molecule has 0 bridgehead atoms. The second kappa shape index (κ2) is 7.63. The van der Waals surface area contributed by atoms with Crippen molar-refractivity contribution in [1.29, 1.82) is 0 Å². The summed E-state index contributed by atoms with van der Waals surface area (Å²) in [5.74, 6) is 0. The minimum atomic E-state index is 0.0462. The molecule has 8 rings (SSSR count). The number of hydrogen-bond acceptors (Lipinski definition) is 2. The number of hydrogen-bond donors (Lipinski definition) is 0. The molecule has 40 heavy (non-hydrogen) atoms. The van der Waals surface area contributed by atoms with E-state index in [1.807, 2.05) is 12.3 Å². The van der Waals surface area contributed by atoms with Crippen LogP contribution in [0.4, 0.5) is 0 Å². The van der Waals surface area contributed by atoms with Crippen LogP contribution in [0.15, 0.2) is 89.5 Å². The summed E-state index contributed by atoms with van der Waals surface area (Å²) in [6.45, 7) is 13.7. The second-order valence-corrected chi connectivity index (χ2v) is 13.3. The number of fused-ring (bicyclic) bond motifs is 10. The Hall–Kier alpha value is -4.37. The SMILES string of the molecule is CC(C)(C)c1ccc2oc3cc4c5cc(C(C)(C)C)ccc5n5c6ccc(-c7ccccn7)cc6c(c3c2c1)c45. The van der Waals surface area contributed by atoms with Gasteiger partial charge in [-0.3, -0.25) is 4.98 Å². The van der Waals surface area contributed by atoms with Crippen LogP contribution in [-0.4, -0.2) is 9.38 Å². The molecular weight excluding hydrogens is 488 g/mol. The third-order valence-corrected chi connectivity index (χ3v) is 8.68. The quantitative estimate of drug-likeness (QED) is 0.215. The van der Waals surface area contributed by atoms with Crippen molar-refractivity contribution in [2.24, 2.45) is 0 Å². The molecule has 3 heteroatoms. The lowest BCUT2D eigenvalue weighted by Gasteiger charge is -2.19. The number of pyridine rings is 1. The fourth-order valence-electron chi connectivity index (χ4n) is 6.50. The molecule has 3 nitrogen and oxygen atoms in total. The molecule has 0 saturated heterocycles. The third-order valence-electron chi connectivity index (χ3n) is 8.68. The van der Waals surface area contributed by atoms with Crippen LogP contribution in [0, 0.1) is 0 Å². The molecule has 0 saturated carbocycles. The molecule has 0 spiro atoms. The second-order valence-electron chi connectivity index (χ2n) is 13.3. The van der Waals surface area contributed by atoms with E-state index in [2.05, 4.69) is 124 Å². The highest BCUT2D eigenvalue weighted by atomic mass is 16.3. The molecule has 0 amide bonds. The minimum Gasteiger partial charge on any atom is -0.456 e. The van der Waals surface area contributed by atoms with Crippen molar-refractivity contribution >= 4 is 60.0 Å². The first-order valence-electron chi connectivity index (χ1n) is 14.1. The Balaban J connectivity index is 1.61. The molecule has 4 aromatic heterocycles. The lowest BCUT2D eigenvalue weighted by molar-refractivity contribution is 0.590. The van der Waals surface area contributed by atoms with Gasteiger partial charge in [0.2, 0.25) is 0 Å². The molecule has 0 fully saturated rings. The molecule has 0 aliphatic carbocycles. The Morgan fingerprint density at radius 3 is 2.02 bits per heavy atom. The summed E-state index contributed by atoms with van der Waals surface area (Å²) < 4.78 is 9.09. The highest BCUT2D eigenvalue weighted by Gasteiger charge is 2.25. The molecule has 8 aromatic rings. The maximum atomic E-state index is 6.62. The van der Waals surface area contributed by atoms with Crippen molar-refractivity contribution in [3.63, 3.8) is 0 Å². The van der Waals surface area contributed by atoms with Crippen molar-refractivity contribution in [2.75, 3.05) is 0 Å². The summed E-state index contributed by atoms with van der Waals surface area (Å²) in [4.78, 5) is 4.66. The minimum absolute atomic E-state index is 0.0462. The molecule has 0 atom stereocenters. The topological polar surface area (TPSA) is 30.4 Å². The van der Waals surface area contributed by atoms with E-state index in [1.165, 1.54) is 60.0 Å². The predicted octanol–water partition coefficient (Wildman–Crippen LogP) is 10.4. The highest BCUT2D eigenvalue weighted by molar-refractivity contribution is 6.35. The Morgan fingerprint density at radius 1 is 0.600 bits per heavy atom. The van der Waals surface area contributed by atoms with Gasteiger partial charge in [-0.1, -0.05) is 65.8 Å². The lowest BCUT2D eigenvalue weighted by Crippen LogP contribution is -2.10. The van der Waals surface area contributed by atoms with E-state index in [9.17, 15) is 0 Å². The Kier molecular flexibility index (Phi) is 4.49. The van der Waals surface area contributed by atoms with Crippen LogP contribution in [0.2, 0.25) is 0 Å². The van der Waals surface area contributed by atoms with E-state index >= 15 is 0 Å². The van der Waals surface area contributed by atoms with Crippen LogP contribution in [0.3, 0.4) is 0 Å². The van der Waals surface area contributed by atoms with Gasteiger partial charge in [0.05, 0.1) is 22.2 Å². The van der Waals surface area contributed by atoms with Crippen molar-refractivity contribution in [3.05, 3.63) is 96.2 Å². The molecule has 4 aromatic carbocycles. The Morgan fingerprint density at radius 2 is 1.30 bits per heavy atom. The first kappa shape index (κ1) is 23.5. The number of aromatic nitrogens is 2. The summed E-state index contributed by atoms with van der Waals surface area (Å²) in [5, 5.41) is 7.40. The van der Waals surface area contributed by atoms with Gasteiger partial charge < -0.3 is 8.82 Å². The molecule has 196 valence electrons. The van der Waals surface area contributed by atoms with Crippen LogP contribution >= 0.6 is 0 Å². The lowest BCUT2D eigenvalue weighted by atomic mass is 9.86. The summed E-state index contributed by atoms with van der Waals surface area (Å²) >= 11 is 0. The predicted molar refractivity (Wildman–Crippen MR) is 169 cm³/mol. The van der Waals surface area contributed by atoms with Crippen LogP contribution < -0.4 is 0 Å². The molecule has 0 aliphatic heterocycles. The number of benzene rings is 4. The average Bonchev–Trinajstić information content (AvgIpc) is 3.57. The van der Waals surface area contributed by atoms with Crippen molar-refractivity contribution < 1.29 is 4.42 Å². The molecule has 0 radical (unpaired) electrons. The zero-order valence-corrected chi connectivity index (χ0v) is 23.9. The first-order valence-corrected chi connectivity index (χ1v) is 14.1. The van der Waals surface area contributed by atoms with E-state index in [1.54, 1.807) is 0 Å². The van der Waals surface area contributed by atoms with Gasteiger partial charge in [-0.2, -0.15) is 0 Å². The van der Waals surface area contributed by atoms with E-state index in [0.29, 0.717) is 0 Å². The van der Waals surface area contributed by atoms with Crippen LogP contribution in [0.25, 0.3) is 71.3 Å². The maximum Gasteiger partial charge on any atom is 0.136 e. The smallest absolute Gasteiger partial charge is 0.136 e. The zero-order chi connectivity index (χ0) is 27.6. The van der Waals surface area contributed by atoms with E-state index < -0.39 is 0 Å². The van der Waals surface area contributed by atoms with Gasteiger partial charge in [0.1, 0.15) is 11.2 Å². The van der Waals surface area contributed by atoms with Gasteiger partial charge in [0.15, 0.2) is 0 Å². The molecular formula is C37H32N2O. The third kappa shape index (κ3) is 3.15. The fraction of sp³-hybridized carbons (Fsp3) is 0.216. The fourth-order valence-corrected chi connectivity index (χ4v) is 6.50. The van der Waals surface area contributed by atoms with Gasteiger partial charge in [-0.25, -0.2) is 0 Å². The van der Waals surface area contributed by atoms with Gasteiger partial charge >= 0.3 is 0 Å². The van der Waals surface area contributed by atoms with E-state index in [0.717, 1.165) is 22.4 Å². The number of furan rings is 1. The van der Waals surface area contributed by atoms with Gasteiger partial charge in [0.25, 0.3) is 0 Å². The number of nitrogens with zero attached hydrogens (tertiary/aromatic N) is 2. The monoisotopic (exact) mass is 520 g/mol. The van der Waals surface area contributed by atoms with E-state index in [4.69, 9.17) is 4.42 Å². The standard InChI is InChI=1S/C37H32N2O/c1-36(2,3)22-11-14-29-24(18-22)25-20-32-33(27-19-23(37(4,5)6)12-15-31(27)40-32)34-26-17-21(28-9-7-8-16-38-28)10-13-30(26)39(29)35(25)34/h7-20H,1-6H3.